The molecule has 164 valence electrons. The second-order valence-electron chi connectivity index (χ2n) is 7.01. The van der Waals surface area contributed by atoms with Crippen LogP contribution in [0.25, 0.3) is 10.9 Å². The molecule has 1 aromatic carbocycles. The van der Waals surface area contributed by atoms with Crippen molar-refractivity contribution in [1.29, 1.82) is 0 Å². The topological polar surface area (TPSA) is 116 Å². The maximum atomic E-state index is 12.7. The highest BCUT2D eigenvalue weighted by atomic mass is 16.5. The molecule has 1 aliphatic rings. The quantitative estimate of drug-likeness (QED) is 0.530. The minimum absolute atomic E-state index is 0.131. The molecule has 0 radical (unpaired) electrons. The molecule has 0 spiro atoms. The third-order valence-electron chi connectivity index (χ3n) is 5.21. The fourth-order valence-electron chi connectivity index (χ4n) is 3.60. The van der Waals surface area contributed by atoms with Crippen LogP contribution in [0, 0.1) is 0 Å². The molecule has 1 aromatic heterocycles. The monoisotopic (exact) mass is 420 g/mol. The molecule has 3 rings (SSSR count). The summed E-state index contributed by atoms with van der Waals surface area (Å²) in [6.07, 6.45) is 0. The second-order valence-corrected chi connectivity index (χ2v) is 7.01. The number of piperazine rings is 1. The number of nitrogens with one attached hydrogen (secondary N) is 2. The van der Waals surface area contributed by atoms with Gasteiger partial charge in [0.1, 0.15) is 5.69 Å². The van der Waals surface area contributed by atoms with Gasteiger partial charge in [-0.3, -0.25) is 14.6 Å². The molecule has 1 fully saturated rings. The number of esters is 1. The number of aromatic amines is 1. The van der Waals surface area contributed by atoms with Gasteiger partial charge < -0.3 is 29.6 Å². The Labute approximate surface area is 174 Å². The lowest BCUT2D eigenvalue weighted by Crippen LogP contribution is -2.49. The maximum Gasteiger partial charge on any atom is 0.356 e. The minimum Gasteiger partial charge on any atom is -0.493 e. The number of carbonyl (C=O) groups is 2. The Morgan fingerprint density at radius 2 is 1.70 bits per heavy atom. The van der Waals surface area contributed by atoms with Crippen molar-refractivity contribution in [2.75, 3.05) is 72.5 Å². The maximum absolute atomic E-state index is 12.7. The highest BCUT2D eigenvalue weighted by Crippen LogP contribution is 2.37. The van der Waals surface area contributed by atoms with E-state index in [0.717, 1.165) is 26.2 Å². The summed E-state index contributed by atoms with van der Waals surface area (Å²) in [5, 5.41) is 12.5. The predicted octanol–water partition coefficient (Wildman–Crippen LogP) is 0.520. The molecule has 30 heavy (non-hydrogen) atoms. The number of amides is 1. The molecule has 3 N–H and O–H groups in total. The number of β-amino-alcohol motifs (C(OH)–C–C–N with tert-alkyl or cyclic N) is 1. The van der Waals surface area contributed by atoms with E-state index in [0.29, 0.717) is 34.6 Å². The van der Waals surface area contributed by atoms with Crippen molar-refractivity contribution in [1.82, 2.24) is 14.8 Å². The van der Waals surface area contributed by atoms with Gasteiger partial charge in [0.05, 0.1) is 45.7 Å². The molecule has 0 bridgehead atoms. The van der Waals surface area contributed by atoms with E-state index < -0.39 is 5.97 Å². The summed E-state index contributed by atoms with van der Waals surface area (Å²) in [5.41, 5.74) is 1.12. The van der Waals surface area contributed by atoms with Gasteiger partial charge in [0.15, 0.2) is 11.5 Å². The van der Waals surface area contributed by atoms with E-state index in [-0.39, 0.29) is 24.8 Å². The molecule has 0 aliphatic carbocycles. The van der Waals surface area contributed by atoms with Crippen LogP contribution in [-0.2, 0) is 9.53 Å². The van der Waals surface area contributed by atoms with Crippen LogP contribution in [0.1, 0.15) is 10.5 Å². The Hall–Kier alpha value is -2.82. The largest absolute Gasteiger partial charge is 0.493 e. The molecule has 0 unspecified atom stereocenters. The summed E-state index contributed by atoms with van der Waals surface area (Å²) in [4.78, 5) is 32.2. The van der Waals surface area contributed by atoms with Crippen LogP contribution in [0.4, 0.5) is 5.69 Å². The molecule has 10 nitrogen and oxygen atoms in total. The zero-order chi connectivity index (χ0) is 21.7. The van der Waals surface area contributed by atoms with Gasteiger partial charge in [-0.25, -0.2) is 4.79 Å². The minimum atomic E-state index is -0.586. The first-order valence-corrected chi connectivity index (χ1v) is 9.72. The number of benzene rings is 1. The molecular formula is C20H28N4O6. The average Bonchev–Trinajstić information content (AvgIpc) is 3.10. The number of aliphatic hydroxyl groups excluding tert-OH is 1. The summed E-state index contributed by atoms with van der Waals surface area (Å²) in [5.74, 6) is 0.167. The Bertz CT molecular complexity index is 904. The lowest BCUT2D eigenvalue weighted by Gasteiger charge is -2.33. The SMILES string of the molecule is COC(=O)c1[nH]c2cc(OC)c(OC)cc2c1NC(=O)CN1CCN(CCO)CC1. The fraction of sp³-hybridized carbons (Fsp3) is 0.500. The van der Waals surface area contributed by atoms with Crippen LogP contribution >= 0.6 is 0 Å². The number of anilines is 1. The average molecular weight is 420 g/mol. The van der Waals surface area contributed by atoms with E-state index in [2.05, 4.69) is 15.2 Å². The van der Waals surface area contributed by atoms with Crippen LogP contribution in [-0.4, -0.2) is 99.0 Å². The van der Waals surface area contributed by atoms with Crippen molar-refractivity contribution in [2.45, 2.75) is 0 Å². The van der Waals surface area contributed by atoms with Crippen LogP contribution in [0.2, 0.25) is 0 Å². The molecule has 0 saturated carbocycles. The second kappa shape index (κ2) is 9.79. The number of hydrogen-bond acceptors (Lipinski definition) is 8. The molecule has 10 heteroatoms. The highest BCUT2D eigenvalue weighted by molar-refractivity contribution is 6.11. The molecule has 0 atom stereocenters. The van der Waals surface area contributed by atoms with Gasteiger partial charge in [-0.2, -0.15) is 0 Å². The summed E-state index contributed by atoms with van der Waals surface area (Å²) < 4.78 is 15.5. The highest BCUT2D eigenvalue weighted by Gasteiger charge is 2.24. The van der Waals surface area contributed by atoms with Crippen LogP contribution in [0.15, 0.2) is 12.1 Å². The van der Waals surface area contributed by atoms with E-state index in [4.69, 9.17) is 19.3 Å². The van der Waals surface area contributed by atoms with Crippen molar-refractivity contribution >= 4 is 28.5 Å². The summed E-state index contributed by atoms with van der Waals surface area (Å²) in [6, 6.07) is 3.41. The Balaban J connectivity index is 1.81. The van der Waals surface area contributed by atoms with Gasteiger partial charge in [-0.1, -0.05) is 0 Å². The molecule has 2 heterocycles. The number of ether oxygens (including phenoxy) is 3. The van der Waals surface area contributed by atoms with Gasteiger partial charge in [0, 0.05) is 44.2 Å². The van der Waals surface area contributed by atoms with Crippen molar-refractivity contribution in [3.05, 3.63) is 17.8 Å². The number of hydrogen-bond donors (Lipinski definition) is 3. The Morgan fingerprint density at radius 1 is 1.07 bits per heavy atom. The molecule has 1 amide bonds. The predicted molar refractivity (Wildman–Crippen MR) is 111 cm³/mol. The van der Waals surface area contributed by atoms with Gasteiger partial charge in [-0.05, 0) is 6.07 Å². The van der Waals surface area contributed by atoms with E-state index >= 15 is 0 Å². The third-order valence-corrected chi connectivity index (χ3v) is 5.21. The van der Waals surface area contributed by atoms with Crippen molar-refractivity contribution in [3.8, 4) is 11.5 Å². The first-order valence-electron chi connectivity index (χ1n) is 9.72. The van der Waals surface area contributed by atoms with E-state index in [1.807, 2.05) is 4.90 Å². The van der Waals surface area contributed by atoms with Crippen molar-refractivity contribution in [3.63, 3.8) is 0 Å². The zero-order valence-electron chi connectivity index (χ0n) is 17.5. The molecule has 1 aliphatic heterocycles. The van der Waals surface area contributed by atoms with E-state index in [1.165, 1.54) is 21.3 Å². The third kappa shape index (κ3) is 4.66. The fourth-order valence-corrected chi connectivity index (χ4v) is 3.60. The van der Waals surface area contributed by atoms with Crippen LogP contribution < -0.4 is 14.8 Å². The Kier molecular flexibility index (Phi) is 7.14. The molecular weight excluding hydrogens is 392 g/mol. The number of carbonyl (C=O) groups excluding carboxylic acids is 2. The number of H-pyrrole nitrogens is 1. The van der Waals surface area contributed by atoms with Gasteiger partial charge in [0.2, 0.25) is 5.91 Å². The molecule has 1 saturated heterocycles. The molecule has 2 aromatic rings. The smallest absolute Gasteiger partial charge is 0.356 e. The van der Waals surface area contributed by atoms with Gasteiger partial charge in [0.25, 0.3) is 0 Å². The van der Waals surface area contributed by atoms with Crippen LogP contribution in [0.3, 0.4) is 0 Å². The normalized spacial score (nSPS) is 15.2. The van der Waals surface area contributed by atoms with Crippen molar-refractivity contribution < 1.29 is 28.9 Å². The lowest BCUT2D eigenvalue weighted by atomic mass is 10.2. The lowest BCUT2D eigenvalue weighted by molar-refractivity contribution is -0.117. The zero-order valence-corrected chi connectivity index (χ0v) is 17.5. The number of aliphatic hydroxyl groups is 1. The summed E-state index contributed by atoms with van der Waals surface area (Å²) in [6.45, 7) is 4.03. The van der Waals surface area contributed by atoms with E-state index in [1.54, 1.807) is 12.1 Å². The number of rotatable bonds is 8. The first-order chi connectivity index (χ1) is 14.5. The number of aromatic nitrogens is 1. The Morgan fingerprint density at radius 3 is 2.30 bits per heavy atom. The standard InChI is InChI=1S/C20H28N4O6/c1-28-15-10-13-14(11-16(15)29-2)21-19(20(27)30-3)18(13)22-17(26)12-24-6-4-23(5-7-24)8-9-25/h10-11,21,25H,4-9,12H2,1-3H3,(H,22,26). The number of fused-ring (bicyclic) bond motifs is 1. The van der Waals surface area contributed by atoms with E-state index in [9.17, 15) is 9.59 Å². The summed E-state index contributed by atoms with van der Waals surface area (Å²) in [7, 11) is 4.33. The number of methoxy groups -OCH3 is 3. The van der Waals surface area contributed by atoms with Gasteiger partial charge >= 0.3 is 5.97 Å². The van der Waals surface area contributed by atoms with Crippen LogP contribution in [0.5, 0.6) is 11.5 Å². The summed E-state index contributed by atoms with van der Waals surface area (Å²) >= 11 is 0. The van der Waals surface area contributed by atoms with Gasteiger partial charge in [-0.15, -0.1) is 0 Å². The number of nitrogens with zero attached hydrogens (tertiary/aromatic N) is 2. The van der Waals surface area contributed by atoms with Crippen molar-refractivity contribution in [2.24, 2.45) is 0 Å². The first kappa shape index (κ1) is 21.9.